The zero-order valence-electron chi connectivity index (χ0n) is 13.6. The van der Waals surface area contributed by atoms with Crippen LogP contribution in [0.15, 0.2) is 23.4 Å². The van der Waals surface area contributed by atoms with Gasteiger partial charge in [0.25, 0.3) is 5.56 Å². The Morgan fingerprint density at radius 2 is 2.29 bits per heavy atom. The molecule has 1 saturated heterocycles. The molecular weight excluding hydrogens is 326 g/mol. The lowest BCUT2D eigenvalue weighted by Gasteiger charge is -2.33. The van der Waals surface area contributed by atoms with E-state index in [-0.39, 0.29) is 11.6 Å². The molecule has 1 aliphatic heterocycles. The molecular formula is C15H19N7OS. The molecule has 24 heavy (non-hydrogen) atoms. The number of hydrogen-bond donors (Lipinski definition) is 1. The third-order valence-corrected chi connectivity index (χ3v) is 5.06. The Hall–Kier alpha value is -2.42. The zero-order chi connectivity index (χ0) is 16.7. The Morgan fingerprint density at radius 3 is 3.12 bits per heavy atom. The predicted molar refractivity (Wildman–Crippen MR) is 93.9 cm³/mol. The summed E-state index contributed by atoms with van der Waals surface area (Å²) in [7, 11) is 1.75. The second-order valence-electron chi connectivity index (χ2n) is 6.11. The van der Waals surface area contributed by atoms with E-state index in [1.807, 2.05) is 13.1 Å². The number of hydrogen-bond acceptors (Lipinski definition) is 7. The van der Waals surface area contributed by atoms with E-state index in [9.17, 15) is 4.79 Å². The van der Waals surface area contributed by atoms with Crippen molar-refractivity contribution in [1.29, 1.82) is 0 Å². The zero-order valence-corrected chi connectivity index (χ0v) is 14.5. The van der Waals surface area contributed by atoms with Crippen molar-refractivity contribution in [3.8, 4) is 0 Å². The van der Waals surface area contributed by atoms with Gasteiger partial charge in [0.15, 0.2) is 5.82 Å². The van der Waals surface area contributed by atoms with E-state index in [0.717, 1.165) is 41.7 Å². The van der Waals surface area contributed by atoms with E-state index >= 15 is 0 Å². The average Bonchev–Trinajstić information content (AvgIpc) is 3.07. The molecule has 3 aromatic rings. The van der Waals surface area contributed by atoms with Gasteiger partial charge in [0.2, 0.25) is 10.1 Å². The molecule has 1 aliphatic rings. The van der Waals surface area contributed by atoms with Crippen LogP contribution in [0.2, 0.25) is 0 Å². The summed E-state index contributed by atoms with van der Waals surface area (Å²) in [4.78, 5) is 23.9. The van der Waals surface area contributed by atoms with Gasteiger partial charge in [0, 0.05) is 38.6 Å². The molecule has 3 aromatic heterocycles. The fourth-order valence-electron chi connectivity index (χ4n) is 3.03. The number of nitrogens with zero attached hydrogens (tertiary/aromatic N) is 6. The standard InChI is InChI=1S/C15H19N7OS/c1-10-8-22-15(17-10)24-14(19-22)18-11-4-3-6-21(9-11)12-13(23)20(2)7-5-16-12/h5,7-8,11H,3-4,6,9H2,1-2H3,(H,18,19)/t11-/m1/s1. The third kappa shape index (κ3) is 2.75. The van der Waals surface area contributed by atoms with Gasteiger partial charge in [-0.05, 0) is 19.8 Å². The molecule has 4 rings (SSSR count). The molecule has 4 heterocycles. The first-order valence-electron chi connectivity index (χ1n) is 7.96. The van der Waals surface area contributed by atoms with Crippen molar-refractivity contribution in [3.63, 3.8) is 0 Å². The van der Waals surface area contributed by atoms with Crippen LogP contribution in [-0.2, 0) is 7.05 Å². The summed E-state index contributed by atoms with van der Waals surface area (Å²) in [5.74, 6) is 0.524. The van der Waals surface area contributed by atoms with E-state index in [1.54, 1.807) is 39.9 Å². The maximum atomic E-state index is 12.3. The van der Waals surface area contributed by atoms with Crippen LogP contribution in [0.3, 0.4) is 0 Å². The fraction of sp³-hybridized carbons (Fsp3) is 0.467. The lowest BCUT2D eigenvalue weighted by atomic mass is 10.1. The molecule has 0 saturated carbocycles. The minimum absolute atomic E-state index is 0.0543. The molecule has 0 radical (unpaired) electrons. The first kappa shape index (κ1) is 15.1. The summed E-state index contributed by atoms with van der Waals surface area (Å²) in [5, 5.41) is 8.86. The maximum absolute atomic E-state index is 12.3. The van der Waals surface area contributed by atoms with Crippen molar-refractivity contribution in [3.05, 3.63) is 34.6 Å². The van der Waals surface area contributed by atoms with Gasteiger partial charge in [-0.1, -0.05) is 11.3 Å². The molecule has 1 fully saturated rings. The van der Waals surface area contributed by atoms with Crippen molar-refractivity contribution in [2.24, 2.45) is 7.05 Å². The highest BCUT2D eigenvalue weighted by molar-refractivity contribution is 7.20. The minimum Gasteiger partial charge on any atom is -0.356 e. The normalized spacial score (nSPS) is 18.2. The van der Waals surface area contributed by atoms with Crippen LogP contribution in [0.25, 0.3) is 4.96 Å². The Balaban J connectivity index is 1.51. The molecule has 0 amide bonds. The molecule has 0 aromatic carbocycles. The van der Waals surface area contributed by atoms with Crippen molar-refractivity contribution < 1.29 is 0 Å². The van der Waals surface area contributed by atoms with Gasteiger partial charge in [-0.2, -0.15) is 0 Å². The van der Waals surface area contributed by atoms with Gasteiger partial charge in [0.05, 0.1) is 11.9 Å². The van der Waals surface area contributed by atoms with Crippen LogP contribution in [0, 0.1) is 6.92 Å². The first-order valence-corrected chi connectivity index (χ1v) is 8.78. The van der Waals surface area contributed by atoms with Gasteiger partial charge in [-0.15, -0.1) is 5.10 Å². The molecule has 126 valence electrons. The van der Waals surface area contributed by atoms with E-state index in [0.29, 0.717) is 5.82 Å². The summed E-state index contributed by atoms with van der Waals surface area (Å²) in [6.45, 7) is 3.55. The monoisotopic (exact) mass is 345 g/mol. The lowest BCUT2D eigenvalue weighted by Crippen LogP contribution is -2.45. The van der Waals surface area contributed by atoms with E-state index in [1.165, 1.54) is 0 Å². The van der Waals surface area contributed by atoms with E-state index < -0.39 is 0 Å². The number of nitrogens with one attached hydrogen (secondary N) is 1. The lowest BCUT2D eigenvalue weighted by molar-refractivity contribution is 0.523. The molecule has 1 atom stereocenters. The summed E-state index contributed by atoms with van der Waals surface area (Å²) >= 11 is 1.54. The van der Waals surface area contributed by atoms with Crippen LogP contribution < -0.4 is 15.8 Å². The number of aromatic nitrogens is 5. The van der Waals surface area contributed by atoms with E-state index in [4.69, 9.17) is 0 Å². The number of imidazole rings is 1. The number of anilines is 2. The largest absolute Gasteiger partial charge is 0.356 e. The van der Waals surface area contributed by atoms with Crippen molar-refractivity contribution >= 4 is 27.2 Å². The van der Waals surface area contributed by atoms with Crippen LogP contribution in [0.1, 0.15) is 18.5 Å². The molecule has 0 spiro atoms. The summed E-state index contributed by atoms with van der Waals surface area (Å²) in [5.41, 5.74) is 0.913. The van der Waals surface area contributed by atoms with Crippen molar-refractivity contribution in [2.75, 3.05) is 23.3 Å². The fourth-order valence-corrected chi connectivity index (χ4v) is 3.93. The highest BCUT2D eigenvalue weighted by Gasteiger charge is 2.24. The number of rotatable bonds is 3. The quantitative estimate of drug-likeness (QED) is 0.770. The van der Waals surface area contributed by atoms with Gasteiger partial charge >= 0.3 is 0 Å². The minimum atomic E-state index is -0.0543. The van der Waals surface area contributed by atoms with Gasteiger partial charge in [-0.25, -0.2) is 14.5 Å². The molecule has 1 N–H and O–H groups in total. The second kappa shape index (κ2) is 5.90. The summed E-state index contributed by atoms with van der Waals surface area (Å²) < 4.78 is 3.37. The van der Waals surface area contributed by atoms with Gasteiger partial charge in [0.1, 0.15) is 0 Å². The van der Waals surface area contributed by atoms with Crippen molar-refractivity contribution in [2.45, 2.75) is 25.8 Å². The highest BCUT2D eigenvalue weighted by atomic mass is 32.1. The van der Waals surface area contributed by atoms with Crippen LogP contribution in [0.5, 0.6) is 0 Å². The van der Waals surface area contributed by atoms with Crippen LogP contribution >= 0.6 is 11.3 Å². The molecule has 9 heteroatoms. The summed E-state index contributed by atoms with van der Waals surface area (Å²) in [6, 6.07) is 0.238. The third-order valence-electron chi connectivity index (χ3n) is 4.21. The topological polar surface area (TPSA) is 80.4 Å². The molecule has 0 bridgehead atoms. The first-order chi connectivity index (χ1) is 11.6. The van der Waals surface area contributed by atoms with Gasteiger partial charge in [-0.3, -0.25) is 4.79 Å². The molecule has 0 unspecified atom stereocenters. The smallest absolute Gasteiger partial charge is 0.293 e. The Labute approximate surface area is 142 Å². The average molecular weight is 345 g/mol. The molecule has 8 nitrogen and oxygen atoms in total. The van der Waals surface area contributed by atoms with Crippen molar-refractivity contribution in [1.82, 2.24) is 24.1 Å². The Kier molecular flexibility index (Phi) is 3.72. The van der Waals surface area contributed by atoms with Crippen LogP contribution in [-0.4, -0.2) is 43.3 Å². The summed E-state index contributed by atoms with van der Waals surface area (Å²) in [6.07, 6.45) is 7.33. The SMILES string of the molecule is Cc1cn2nc(N[C@@H]3CCCN(c4nccn(C)c4=O)C3)sc2n1. The number of fused-ring (bicyclic) bond motifs is 1. The number of aryl methyl sites for hydroxylation is 2. The number of piperidine rings is 1. The Morgan fingerprint density at radius 1 is 1.42 bits per heavy atom. The van der Waals surface area contributed by atoms with E-state index in [2.05, 4.69) is 25.3 Å². The van der Waals surface area contributed by atoms with Crippen LogP contribution in [0.4, 0.5) is 10.9 Å². The maximum Gasteiger partial charge on any atom is 0.293 e. The highest BCUT2D eigenvalue weighted by Crippen LogP contribution is 2.23. The molecule has 0 aliphatic carbocycles. The van der Waals surface area contributed by atoms with Gasteiger partial charge < -0.3 is 14.8 Å². The Bertz CT molecular complexity index is 896. The predicted octanol–water partition coefficient (Wildman–Crippen LogP) is 1.27. The second-order valence-corrected chi connectivity index (χ2v) is 7.07.